The fourth-order valence-electron chi connectivity index (χ4n) is 4.66. The molecule has 3 heterocycles. The van der Waals surface area contributed by atoms with Gasteiger partial charge in [-0.1, -0.05) is 24.3 Å². The first-order chi connectivity index (χ1) is 13.6. The fourth-order valence-corrected chi connectivity index (χ4v) is 4.66. The molecule has 1 atom stereocenters. The number of carbonyl (C=O) groups excluding carboxylic acids is 1. The van der Waals surface area contributed by atoms with Crippen molar-refractivity contribution in [2.45, 2.75) is 52.2 Å². The van der Waals surface area contributed by atoms with Crippen molar-refractivity contribution < 1.29 is 4.79 Å². The van der Waals surface area contributed by atoms with E-state index in [4.69, 9.17) is 0 Å². The van der Waals surface area contributed by atoms with Gasteiger partial charge in [0.15, 0.2) is 0 Å². The van der Waals surface area contributed by atoms with Gasteiger partial charge < -0.3 is 9.47 Å². The molecule has 1 aromatic carbocycles. The quantitative estimate of drug-likeness (QED) is 0.824. The zero-order valence-electron chi connectivity index (χ0n) is 16.9. The van der Waals surface area contributed by atoms with Crippen LogP contribution in [0.4, 0.5) is 0 Å². The normalized spacial score (nSPS) is 20.1. The maximum absolute atomic E-state index is 13.1. The lowest BCUT2D eigenvalue weighted by Crippen LogP contribution is -2.51. The molecule has 1 aromatic heterocycles. The first-order valence-corrected chi connectivity index (χ1v) is 10.4. The van der Waals surface area contributed by atoms with Gasteiger partial charge in [-0.2, -0.15) is 0 Å². The van der Waals surface area contributed by atoms with Crippen LogP contribution in [0.5, 0.6) is 0 Å². The van der Waals surface area contributed by atoms with Gasteiger partial charge in [-0.25, -0.2) is 0 Å². The number of pyridine rings is 1. The van der Waals surface area contributed by atoms with E-state index < -0.39 is 0 Å². The molecule has 4 rings (SSSR count). The summed E-state index contributed by atoms with van der Waals surface area (Å²) in [4.78, 5) is 30.3. The number of aromatic nitrogens is 1. The van der Waals surface area contributed by atoms with Crippen molar-refractivity contribution in [3.05, 3.63) is 69.1 Å². The number of carbonyl (C=O) groups is 1. The van der Waals surface area contributed by atoms with Gasteiger partial charge >= 0.3 is 0 Å². The number of fused-ring (bicyclic) bond motifs is 1. The number of hydrogen-bond donors (Lipinski definition) is 0. The Hall–Kier alpha value is -2.40. The molecule has 0 N–H and O–H groups in total. The minimum absolute atomic E-state index is 0.116. The van der Waals surface area contributed by atoms with Crippen LogP contribution >= 0.6 is 0 Å². The van der Waals surface area contributed by atoms with Gasteiger partial charge in [-0.15, -0.1) is 0 Å². The molecule has 0 saturated carbocycles. The lowest BCUT2D eigenvalue weighted by Gasteiger charge is -2.41. The second-order valence-corrected chi connectivity index (χ2v) is 7.97. The highest BCUT2D eigenvalue weighted by molar-refractivity contribution is 5.94. The fraction of sp³-hybridized carbons (Fsp3) is 0.478. The van der Waals surface area contributed by atoms with Crippen molar-refractivity contribution in [3.8, 4) is 0 Å². The van der Waals surface area contributed by atoms with Gasteiger partial charge in [0.1, 0.15) is 5.56 Å². The summed E-state index contributed by atoms with van der Waals surface area (Å²) in [5, 5.41) is 0. The smallest absolute Gasteiger partial charge is 0.263 e. The Morgan fingerprint density at radius 2 is 1.89 bits per heavy atom. The molecular weight excluding hydrogens is 350 g/mol. The van der Waals surface area contributed by atoms with Gasteiger partial charge in [0, 0.05) is 44.5 Å². The van der Waals surface area contributed by atoms with E-state index in [2.05, 4.69) is 29.2 Å². The average molecular weight is 380 g/mol. The molecule has 1 fully saturated rings. The number of hydrogen-bond acceptors (Lipinski definition) is 3. The van der Waals surface area contributed by atoms with Gasteiger partial charge in [0.25, 0.3) is 11.5 Å². The number of amides is 1. The Labute approximate surface area is 166 Å². The van der Waals surface area contributed by atoms with Gasteiger partial charge in [0.05, 0.1) is 0 Å². The predicted octanol–water partition coefficient (Wildman–Crippen LogP) is 2.84. The number of rotatable bonds is 3. The second kappa shape index (κ2) is 7.92. The Morgan fingerprint density at radius 3 is 2.68 bits per heavy atom. The largest absolute Gasteiger partial charge is 0.337 e. The lowest BCUT2D eigenvalue weighted by molar-refractivity contribution is 0.0547. The van der Waals surface area contributed by atoms with E-state index in [9.17, 15) is 9.59 Å². The van der Waals surface area contributed by atoms with Gasteiger partial charge in [-0.05, 0) is 56.4 Å². The van der Waals surface area contributed by atoms with Crippen molar-refractivity contribution in [1.82, 2.24) is 14.4 Å². The van der Waals surface area contributed by atoms with Crippen molar-refractivity contribution in [2.24, 2.45) is 0 Å². The SMILES string of the molecule is CCn1c(C)ccc(C(=O)N2CCCC(N3CCc4ccccc4C3)C2)c1=O. The monoisotopic (exact) mass is 379 g/mol. The van der Waals surface area contributed by atoms with Crippen LogP contribution < -0.4 is 5.56 Å². The molecule has 2 aliphatic heterocycles. The van der Waals surface area contributed by atoms with Gasteiger partial charge in [0.2, 0.25) is 0 Å². The van der Waals surface area contributed by atoms with E-state index in [-0.39, 0.29) is 11.5 Å². The molecule has 1 amide bonds. The summed E-state index contributed by atoms with van der Waals surface area (Å²) in [6.07, 6.45) is 3.17. The van der Waals surface area contributed by atoms with E-state index in [1.54, 1.807) is 10.6 Å². The Balaban J connectivity index is 1.50. The molecule has 2 aliphatic rings. The molecular formula is C23H29N3O2. The molecule has 5 nitrogen and oxygen atoms in total. The van der Waals surface area contributed by atoms with Crippen LogP contribution in [0.1, 0.15) is 46.9 Å². The van der Waals surface area contributed by atoms with Crippen LogP contribution in [-0.2, 0) is 19.5 Å². The third kappa shape index (κ3) is 3.51. The van der Waals surface area contributed by atoms with E-state index >= 15 is 0 Å². The van der Waals surface area contributed by atoms with Crippen LogP contribution in [0.2, 0.25) is 0 Å². The summed E-state index contributed by atoms with van der Waals surface area (Å²) in [5.41, 5.74) is 3.88. The molecule has 0 spiro atoms. The van der Waals surface area contributed by atoms with Crippen LogP contribution in [0.25, 0.3) is 0 Å². The zero-order chi connectivity index (χ0) is 19.7. The van der Waals surface area contributed by atoms with Crippen LogP contribution in [-0.4, -0.2) is 46.0 Å². The second-order valence-electron chi connectivity index (χ2n) is 7.97. The van der Waals surface area contributed by atoms with Crippen LogP contribution in [0, 0.1) is 6.92 Å². The lowest BCUT2D eigenvalue weighted by atomic mass is 9.96. The molecule has 0 radical (unpaired) electrons. The van der Waals surface area contributed by atoms with E-state index in [0.29, 0.717) is 24.7 Å². The van der Waals surface area contributed by atoms with Crippen LogP contribution in [0.15, 0.2) is 41.2 Å². The Kier molecular flexibility index (Phi) is 5.36. The Morgan fingerprint density at radius 1 is 1.11 bits per heavy atom. The number of likely N-dealkylation sites (tertiary alicyclic amines) is 1. The topological polar surface area (TPSA) is 45.6 Å². The first-order valence-electron chi connectivity index (χ1n) is 10.4. The zero-order valence-corrected chi connectivity index (χ0v) is 16.9. The molecule has 28 heavy (non-hydrogen) atoms. The maximum atomic E-state index is 13.1. The predicted molar refractivity (Wildman–Crippen MR) is 111 cm³/mol. The van der Waals surface area contributed by atoms with E-state index in [0.717, 1.165) is 44.6 Å². The number of nitrogens with zero attached hydrogens (tertiary/aromatic N) is 3. The molecule has 0 bridgehead atoms. The molecule has 1 saturated heterocycles. The summed E-state index contributed by atoms with van der Waals surface area (Å²) >= 11 is 0. The maximum Gasteiger partial charge on any atom is 0.263 e. The van der Waals surface area contributed by atoms with E-state index in [1.807, 2.05) is 24.8 Å². The van der Waals surface area contributed by atoms with Crippen molar-refractivity contribution in [2.75, 3.05) is 19.6 Å². The standard InChI is InChI=1S/C23H29N3O2/c1-3-26-17(2)10-11-21(23(26)28)22(27)25-13-6-9-20(16-25)24-14-12-18-7-4-5-8-19(18)15-24/h4-5,7-8,10-11,20H,3,6,9,12-16H2,1-2H3. The first kappa shape index (κ1) is 18.9. The summed E-state index contributed by atoms with van der Waals surface area (Å²) in [6, 6.07) is 12.6. The summed E-state index contributed by atoms with van der Waals surface area (Å²) < 4.78 is 1.68. The Bertz CT molecular complexity index is 934. The highest BCUT2D eigenvalue weighted by atomic mass is 16.2. The number of benzene rings is 1. The highest BCUT2D eigenvalue weighted by Crippen LogP contribution is 2.25. The molecule has 2 aromatic rings. The van der Waals surface area contributed by atoms with Crippen molar-refractivity contribution in [1.29, 1.82) is 0 Å². The average Bonchev–Trinajstić information content (AvgIpc) is 2.73. The van der Waals surface area contributed by atoms with Crippen molar-refractivity contribution in [3.63, 3.8) is 0 Å². The highest BCUT2D eigenvalue weighted by Gasteiger charge is 2.31. The third-order valence-electron chi connectivity index (χ3n) is 6.30. The summed E-state index contributed by atoms with van der Waals surface area (Å²) in [5.74, 6) is -0.116. The van der Waals surface area contributed by atoms with Crippen molar-refractivity contribution >= 4 is 5.91 Å². The molecule has 0 aliphatic carbocycles. The van der Waals surface area contributed by atoms with Crippen LogP contribution in [0.3, 0.4) is 0 Å². The minimum Gasteiger partial charge on any atom is -0.337 e. The third-order valence-corrected chi connectivity index (χ3v) is 6.30. The minimum atomic E-state index is -0.165. The molecule has 148 valence electrons. The van der Waals surface area contributed by atoms with Gasteiger partial charge in [-0.3, -0.25) is 14.5 Å². The van der Waals surface area contributed by atoms with E-state index in [1.165, 1.54) is 11.1 Å². The molecule has 1 unspecified atom stereocenters. The molecule has 5 heteroatoms. The summed E-state index contributed by atoms with van der Waals surface area (Å²) in [6.45, 7) is 7.87. The number of aryl methyl sites for hydroxylation is 1. The summed E-state index contributed by atoms with van der Waals surface area (Å²) in [7, 11) is 0. The number of piperidine rings is 1.